The van der Waals surface area contributed by atoms with E-state index in [-0.39, 0.29) is 11.3 Å². The zero-order chi connectivity index (χ0) is 14.9. The van der Waals surface area contributed by atoms with E-state index < -0.39 is 17.6 Å². The Hall–Kier alpha value is -2.08. The Kier molecular flexibility index (Phi) is 3.67. The molecule has 7 heteroatoms. The van der Waals surface area contributed by atoms with Crippen molar-refractivity contribution in [3.8, 4) is 11.3 Å². The fourth-order valence-electron chi connectivity index (χ4n) is 1.65. The molecule has 0 aliphatic carbocycles. The van der Waals surface area contributed by atoms with Crippen molar-refractivity contribution < 1.29 is 18.0 Å². The van der Waals surface area contributed by atoms with Crippen LogP contribution < -0.4 is 5.73 Å². The third-order valence-electron chi connectivity index (χ3n) is 2.60. The van der Waals surface area contributed by atoms with Crippen LogP contribution in [-0.4, -0.2) is 10.9 Å². The van der Waals surface area contributed by atoms with Crippen molar-refractivity contribution >= 4 is 17.5 Å². The Bertz CT molecular complexity index is 654. The molecule has 0 bridgehead atoms. The summed E-state index contributed by atoms with van der Waals surface area (Å²) < 4.78 is 37.8. The van der Waals surface area contributed by atoms with E-state index in [0.717, 1.165) is 0 Å². The zero-order valence-corrected chi connectivity index (χ0v) is 10.7. The summed E-state index contributed by atoms with van der Waals surface area (Å²) in [6.45, 7) is 0. The molecule has 104 valence electrons. The maximum absolute atomic E-state index is 12.6. The van der Waals surface area contributed by atoms with Crippen LogP contribution in [0.4, 0.5) is 13.2 Å². The van der Waals surface area contributed by atoms with Crippen molar-refractivity contribution in [1.82, 2.24) is 4.98 Å². The van der Waals surface area contributed by atoms with Gasteiger partial charge < -0.3 is 5.73 Å². The fourth-order valence-corrected chi connectivity index (χ4v) is 1.77. The predicted octanol–water partition coefficient (Wildman–Crippen LogP) is 3.52. The van der Waals surface area contributed by atoms with Crippen LogP contribution in [0, 0.1) is 0 Å². The predicted molar refractivity (Wildman–Crippen MR) is 68.2 cm³/mol. The van der Waals surface area contributed by atoms with Crippen LogP contribution in [0.5, 0.6) is 0 Å². The summed E-state index contributed by atoms with van der Waals surface area (Å²) in [4.78, 5) is 15.0. The molecule has 0 aliphatic rings. The lowest BCUT2D eigenvalue weighted by molar-refractivity contribution is -0.137. The lowest BCUT2D eigenvalue weighted by atomic mass is 10.0. The number of nitrogens with two attached hydrogens (primary N) is 1. The van der Waals surface area contributed by atoms with E-state index in [1.165, 1.54) is 0 Å². The van der Waals surface area contributed by atoms with Crippen molar-refractivity contribution in [2.24, 2.45) is 5.73 Å². The van der Waals surface area contributed by atoms with Crippen LogP contribution in [0.3, 0.4) is 0 Å². The van der Waals surface area contributed by atoms with E-state index in [1.807, 2.05) is 0 Å². The molecule has 0 radical (unpaired) electrons. The third kappa shape index (κ3) is 2.91. The third-order valence-corrected chi connectivity index (χ3v) is 2.85. The Morgan fingerprint density at radius 1 is 1.20 bits per heavy atom. The highest BCUT2D eigenvalue weighted by Gasteiger charge is 2.32. The van der Waals surface area contributed by atoms with Gasteiger partial charge in [0.1, 0.15) is 0 Å². The number of benzene rings is 1. The number of pyridine rings is 1. The van der Waals surface area contributed by atoms with Gasteiger partial charge in [0.25, 0.3) is 5.91 Å². The molecule has 1 amide bonds. The molecular weight excluding hydrogens is 293 g/mol. The SMILES string of the molecule is NC(=O)c1cc(C(F)(F)F)cnc1-c1ccc(Cl)cc1. The number of carbonyl (C=O) groups is 1. The van der Waals surface area contributed by atoms with Crippen LogP contribution >= 0.6 is 11.6 Å². The van der Waals surface area contributed by atoms with Gasteiger partial charge in [-0.1, -0.05) is 23.7 Å². The number of hydrogen-bond donors (Lipinski definition) is 1. The second kappa shape index (κ2) is 5.13. The minimum absolute atomic E-state index is 0.0853. The van der Waals surface area contributed by atoms with Gasteiger partial charge in [-0.3, -0.25) is 9.78 Å². The molecule has 0 aliphatic heterocycles. The van der Waals surface area contributed by atoms with Crippen LogP contribution in [0.1, 0.15) is 15.9 Å². The van der Waals surface area contributed by atoms with E-state index in [0.29, 0.717) is 22.8 Å². The van der Waals surface area contributed by atoms with Gasteiger partial charge in [-0.25, -0.2) is 0 Å². The normalized spacial score (nSPS) is 11.4. The molecule has 2 rings (SSSR count). The average molecular weight is 301 g/mol. The summed E-state index contributed by atoms with van der Waals surface area (Å²) in [6, 6.07) is 6.87. The number of amides is 1. The monoisotopic (exact) mass is 300 g/mol. The maximum Gasteiger partial charge on any atom is 0.417 e. The number of carbonyl (C=O) groups excluding carboxylic acids is 1. The molecule has 2 N–H and O–H groups in total. The zero-order valence-electron chi connectivity index (χ0n) is 9.91. The molecule has 1 heterocycles. The van der Waals surface area contributed by atoms with Gasteiger partial charge in [0.05, 0.1) is 16.8 Å². The average Bonchev–Trinajstić information content (AvgIpc) is 2.38. The first-order chi connectivity index (χ1) is 9.29. The summed E-state index contributed by atoms with van der Waals surface area (Å²) in [5.74, 6) is -0.978. The molecular formula is C13H8ClF3N2O. The molecule has 0 spiro atoms. The number of primary amides is 1. The molecule has 0 saturated heterocycles. The number of hydrogen-bond acceptors (Lipinski definition) is 2. The molecule has 2 aromatic rings. The van der Waals surface area contributed by atoms with Crippen LogP contribution in [0.25, 0.3) is 11.3 Å². The lowest BCUT2D eigenvalue weighted by Crippen LogP contribution is -2.16. The summed E-state index contributed by atoms with van der Waals surface area (Å²) in [5.41, 5.74) is 4.35. The van der Waals surface area contributed by atoms with Gasteiger partial charge in [0.2, 0.25) is 0 Å². The standard InChI is InChI=1S/C13H8ClF3N2O/c14-9-3-1-7(2-4-9)11-10(12(18)20)5-8(6-19-11)13(15,16)17/h1-6H,(H2,18,20). The Balaban J connectivity index is 2.59. The molecule has 1 aromatic heterocycles. The van der Waals surface area contributed by atoms with Crippen molar-refractivity contribution in [1.29, 1.82) is 0 Å². The first-order valence-corrected chi connectivity index (χ1v) is 5.80. The summed E-state index contributed by atoms with van der Waals surface area (Å²) >= 11 is 5.73. The molecule has 3 nitrogen and oxygen atoms in total. The number of aromatic nitrogens is 1. The van der Waals surface area contributed by atoms with E-state index in [9.17, 15) is 18.0 Å². The molecule has 0 atom stereocenters. The van der Waals surface area contributed by atoms with Crippen molar-refractivity contribution in [2.45, 2.75) is 6.18 Å². The number of nitrogens with zero attached hydrogens (tertiary/aromatic N) is 1. The number of halogens is 4. The lowest BCUT2D eigenvalue weighted by Gasteiger charge is -2.11. The summed E-state index contributed by atoms with van der Waals surface area (Å²) in [6.07, 6.45) is -3.92. The van der Waals surface area contributed by atoms with Gasteiger partial charge in [0, 0.05) is 16.8 Å². The van der Waals surface area contributed by atoms with Crippen LogP contribution in [0.2, 0.25) is 5.02 Å². The molecule has 0 fully saturated rings. The fraction of sp³-hybridized carbons (Fsp3) is 0.0769. The van der Waals surface area contributed by atoms with Crippen molar-refractivity contribution in [2.75, 3.05) is 0 Å². The molecule has 20 heavy (non-hydrogen) atoms. The van der Waals surface area contributed by atoms with Gasteiger partial charge >= 0.3 is 6.18 Å². The van der Waals surface area contributed by atoms with Crippen molar-refractivity contribution in [3.63, 3.8) is 0 Å². The molecule has 0 saturated carbocycles. The van der Waals surface area contributed by atoms with E-state index in [2.05, 4.69) is 4.98 Å². The van der Waals surface area contributed by atoms with Gasteiger partial charge in [0.15, 0.2) is 0 Å². The van der Waals surface area contributed by atoms with Gasteiger partial charge in [-0.2, -0.15) is 13.2 Å². The quantitative estimate of drug-likeness (QED) is 0.922. The highest BCUT2D eigenvalue weighted by atomic mass is 35.5. The Morgan fingerprint density at radius 2 is 1.80 bits per heavy atom. The first kappa shape index (κ1) is 14.3. The molecule has 0 unspecified atom stereocenters. The summed E-state index contributed by atoms with van der Waals surface area (Å²) in [7, 11) is 0. The second-order valence-corrected chi connectivity index (χ2v) is 4.43. The smallest absolute Gasteiger partial charge is 0.366 e. The van der Waals surface area contributed by atoms with Crippen LogP contribution in [-0.2, 0) is 6.18 Å². The Morgan fingerprint density at radius 3 is 2.30 bits per heavy atom. The first-order valence-electron chi connectivity index (χ1n) is 5.42. The minimum Gasteiger partial charge on any atom is -0.366 e. The van der Waals surface area contributed by atoms with Crippen LogP contribution in [0.15, 0.2) is 36.5 Å². The Labute approximate surface area is 117 Å². The van der Waals surface area contributed by atoms with E-state index in [1.54, 1.807) is 24.3 Å². The topological polar surface area (TPSA) is 56.0 Å². The number of rotatable bonds is 2. The maximum atomic E-state index is 12.6. The largest absolute Gasteiger partial charge is 0.417 e. The summed E-state index contributed by atoms with van der Waals surface area (Å²) in [5, 5.41) is 0.460. The second-order valence-electron chi connectivity index (χ2n) is 3.99. The van der Waals surface area contributed by atoms with Gasteiger partial charge in [-0.05, 0) is 18.2 Å². The number of alkyl halides is 3. The highest BCUT2D eigenvalue weighted by Crippen LogP contribution is 2.32. The molecule has 1 aromatic carbocycles. The van der Waals surface area contributed by atoms with Gasteiger partial charge in [-0.15, -0.1) is 0 Å². The van der Waals surface area contributed by atoms with E-state index >= 15 is 0 Å². The minimum atomic E-state index is -4.59. The highest BCUT2D eigenvalue weighted by molar-refractivity contribution is 6.30. The van der Waals surface area contributed by atoms with Crippen molar-refractivity contribution in [3.05, 3.63) is 52.7 Å². The van der Waals surface area contributed by atoms with E-state index in [4.69, 9.17) is 17.3 Å².